The van der Waals surface area contributed by atoms with Crippen molar-refractivity contribution in [2.75, 3.05) is 0 Å². The van der Waals surface area contributed by atoms with Gasteiger partial charge >= 0.3 is 0 Å². The smallest absolute Gasteiger partial charge is 0.0857 e. The minimum Gasteiger partial charge on any atom is -0.151 e. The quantitative estimate of drug-likeness (QED) is 0.517. The maximum absolute atomic E-state index is 4.10. The molecule has 0 atom stereocenters. The van der Waals surface area contributed by atoms with E-state index in [2.05, 4.69) is 10.2 Å². The van der Waals surface area contributed by atoms with Crippen LogP contribution in [0.4, 0.5) is 11.4 Å². The second-order valence-electron chi connectivity index (χ2n) is 2.87. The third kappa shape index (κ3) is 10.0. The molecule has 0 aliphatic rings. The summed E-state index contributed by atoms with van der Waals surface area (Å²) >= 11 is 0. The normalized spacial score (nSPS) is 8.30. The lowest BCUT2D eigenvalue weighted by Gasteiger charge is -1.91. The Labute approximate surface area is 124 Å². The van der Waals surface area contributed by atoms with E-state index in [4.69, 9.17) is 0 Å². The molecule has 0 radical (unpaired) electrons. The summed E-state index contributed by atoms with van der Waals surface area (Å²) in [6.07, 6.45) is 0. The monoisotopic (exact) mass is 272 g/mol. The molecule has 0 spiro atoms. The lowest BCUT2D eigenvalue weighted by molar-refractivity contribution is 1.23. The maximum atomic E-state index is 4.10. The van der Waals surface area contributed by atoms with Crippen LogP contribution in [-0.4, -0.2) is 0 Å². The van der Waals surface area contributed by atoms with Gasteiger partial charge in [-0.2, -0.15) is 10.2 Å². The molecule has 0 unspecified atom stereocenters. The third-order valence-corrected chi connectivity index (χ3v) is 1.79. The molecule has 0 aliphatic carbocycles. The van der Waals surface area contributed by atoms with Gasteiger partial charge in [0.25, 0.3) is 0 Å². The van der Waals surface area contributed by atoms with Crippen molar-refractivity contribution in [1.29, 1.82) is 0 Å². The van der Waals surface area contributed by atoms with Crippen molar-refractivity contribution >= 4 is 11.4 Å². The lowest BCUT2D eigenvalue weighted by atomic mass is 10.3. The average molecular weight is 272 g/mol. The second kappa shape index (κ2) is 17.0. The Morgan fingerprint density at radius 3 is 0.950 bits per heavy atom. The third-order valence-electron chi connectivity index (χ3n) is 1.79. The Hall–Kier alpha value is -1.96. The molecule has 0 N–H and O–H groups in total. The van der Waals surface area contributed by atoms with E-state index in [1.54, 1.807) is 0 Å². The molecule has 0 heterocycles. The van der Waals surface area contributed by atoms with Gasteiger partial charge in [0.15, 0.2) is 0 Å². The lowest BCUT2D eigenvalue weighted by Crippen LogP contribution is -1.62. The van der Waals surface area contributed by atoms with Crippen LogP contribution in [0.15, 0.2) is 70.9 Å². The van der Waals surface area contributed by atoms with E-state index >= 15 is 0 Å². The van der Waals surface area contributed by atoms with Crippen molar-refractivity contribution in [1.82, 2.24) is 0 Å². The van der Waals surface area contributed by atoms with Gasteiger partial charge in [-0.15, -0.1) is 0 Å². The molecule has 0 aromatic heterocycles. The molecule has 2 rings (SSSR count). The summed E-state index contributed by atoms with van der Waals surface area (Å²) in [5.74, 6) is 0. The molecular weight excluding hydrogens is 244 g/mol. The van der Waals surface area contributed by atoms with E-state index in [0.29, 0.717) is 0 Å². The largest absolute Gasteiger partial charge is 0.151 e. The average Bonchev–Trinajstić information content (AvgIpc) is 2.60. The van der Waals surface area contributed by atoms with Gasteiger partial charge in [0, 0.05) is 0 Å². The first-order valence-electron chi connectivity index (χ1n) is 7.47. The minimum absolute atomic E-state index is 0.872. The molecule has 20 heavy (non-hydrogen) atoms. The molecule has 0 fully saturated rings. The Bertz CT molecular complexity index is 366. The van der Waals surface area contributed by atoms with Gasteiger partial charge in [-0.05, 0) is 24.3 Å². The van der Waals surface area contributed by atoms with Crippen LogP contribution in [0.5, 0.6) is 0 Å². The summed E-state index contributed by atoms with van der Waals surface area (Å²) in [6, 6.07) is 19.4. The highest BCUT2D eigenvalue weighted by Gasteiger charge is 1.86. The summed E-state index contributed by atoms with van der Waals surface area (Å²) < 4.78 is 0. The Balaban J connectivity index is 0. The fourth-order valence-corrected chi connectivity index (χ4v) is 1.10. The number of azo groups is 1. The first-order chi connectivity index (χ1) is 9.95. The van der Waals surface area contributed by atoms with Crippen LogP contribution in [-0.2, 0) is 0 Å². The predicted octanol–water partition coefficient (Wildman–Crippen LogP) is 7.18. The van der Waals surface area contributed by atoms with E-state index in [1.807, 2.05) is 102 Å². The summed E-state index contributed by atoms with van der Waals surface area (Å²) in [5, 5.41) is 8.20. The Morgan fingerprint density at radius 1 is 0.450 bits per heavy atom. The zero-order valence-corrected chi connectivity index (χ0v) is 13.7. The molecule has 2 nitrogen and oxygen atoms in total. The molecule has 0 aliphatic heterocycles. The van der Waals surface area contributed by atoms with E-state index < -0.39 is 0 Å². The zero-order chi connectivity index (χ0) is 15.6. The number of hydrogen-bond acceptors (Lipinski definition) is 2. The maximum Gasteiger partial charge on any atom is 0.0857 e. The molecule has 2 heteroatoms. The standard InChI is InChI=1S/C12H10N2.3C2H6/c1-3-7-11(8-4-1)13-14-12-9-5-2-6-10-12;3*1-2/h1-10H;3*1-2H3. The molecule has 0 amide bonds. The molecule has 0 saturated carbocycles. The van der Waals surface area contributed by atoms with Crippen molar-refractivity contribution in [3.63, 3.8) is 0 Å². The summed E-state index contributed by atoms with van der Waals surface area (Å²) in [4.78, 5) is 0. The van der Waals surface area contributed by atoms with Crippen molar-refractivity contribution in [3.05, 3.63) is 60.7 Å². The highest BCUT2D eigenvalue weighted by Crippen LogP contribution is 2.16. The number of benzene rings is 2. The Kier molecular flexibility index (Phi) is 17.3. The van der Waals surface area contributed by atoms with Gasteiger partial charge in [0.05, 0.1) is 11.4 Å². The first kappa shape index (κ1) is 20.4. The van der Waals surface area contributed by atoms with E-state index in [9.17, 15) is 0 Å². The van der Waals surface area contributed by atoms with Crippen LogP contribution in [0.25, 0.3) is 0 Å². The van der Waals surface area contributed by atoms with Crippen molar-refractivity contribution < 1.29 is 0 Å². The van der Waals surface area contributed by atoms with Gasteiger partial charge in [0.1, 0.15) is 0 Å². The first-order valence-corrected chi connectivity index (χ1v) is 7.47. The minimum atomic E-state index is 0.872. The van der Waals surface area contributed by atoms with Gasteiger partial charge in [-0.1, -0.05) is 77.9 Å². The fraction of sp³-hybridized carbons (Fsp3) is 0.333. The molecule has 2 aromatic carbocycles. The summed E-state index contributed by atoms with van der Waals surface area (Å²) in [7, 11) is 0. The van der Waals surface area contributed by atoms with Crippen LogP contribution < -0.4 is 0 Å². The van der Waals surface area contributed by atoms with Gasteiger partial charge in [-0.25, -0.2) is 0 Å². The summed E-state index contributed by atoms with van der Waals surface area (Å²) in [5.41, 5.74) is 1.74. The van der Waals surface area contributed by atoms with Crippen LogP contribution >= 0.6 is 0 Å². The van der Waals surface area contributed by atoms with Crippen LogP contribution in [0.1, 0.15) is 41.5 Å². The highest BCUT2D eigenvalue weighted by molar-refractivity contribution is 5.39. The van der Waals surface area contributed by atoms with Crippen molar-refractivity contribution in [2.24, 2.45) is 10.2 Å². The van der Waals surface area contributed by atoms with Gasteiger partial charge < -0.3 is 0 Å². The van der Waals surface area contributed by atoms with E-state index in [1.165, 1.54) is 0 Å². The molecule has 110 valence electrons. The van der Waals surface area contributed by atoms with Crippen LogP contribution in [0.2, 0.25) is 0 Å². The molecule has 0 saturated heterocycles. The zero-order valence-electron chi connectivity index (χ0n) is 13.7. The van der Waals surface area contributed by atoms with Gasteiger partial charge in [-0.3, -0.25) is 0 Å². The molecular formula is C18H28N2. The summed E-state index contributed by atoms with van der Waals surface area (Å²) in [6.45, 7) is 12.0. The number of rotatable bonds is 2. The van der Waals surface area contributed by atoms with Gasteiger partial charge in [0.2, 0.25) is 0 Å². The Morgan fingerprint density at radius 2 is 0.700 bits per heavy atom. The predicted molar refractivity (Wildman–Crippen MR) is 91.1 cm³/mol. The van der Waals surface area contributed by atoms with Crippen LogP contribution in [0.3, 0.4) is 0 Å². The molecule has 0 bridgehead atoms. The van der Waals surface area contributed by atoms with E-state index in [-0.39, 0.29) is 0 Å². The second-order valence-corrected chi connectivity index (χ2v) is 2.87. The highest BCUT2D eigenvalue weighted by atomic mass is 15.1. The van der Waals surface area contributed by atoms with Crippen molar-refractivity contribution in [3.8, 4) is 0 Å². The fourth-order valence-electron chi connectivity index (χ4n) is 1.10. The SMILES string of the molecule is CC.CC.CC.c1ccc(N=Nc2ccccc2)cc1. The number of hydrogen-bond donors (Lipinski definition) is 0. The van der Waals surface area contributed by atoms with Crippen molar-refractivity contribution in [2.45, 2.75) is 41.5 Å². The van der Waals surface area contributed by atoms with E-state index in [0.717, 1.165) is 11.4 Å². The number of nitrogens with zero attached hydrogens (tertiary/aromatic N) is 2. The molecule has 2 aromatic rings. The van der Waals surface area contributed by atoms with Crippen LogP contribution in [0, 0.1) is 0 Å². The topological polar surface area (TPSA) is 24.7 Å².